The number of halogens is 3. The van der Waals surface area contributed by atoms with E-state index >= 15 is 0 Å². The lowest BCUT2D eigenvalue weighted by Crippen LogP contribution is -2.59. The average Bonchev–Trinajstić information content (AvgIpc) is 3.90. The van der Waals surface area contributed by atoms with Crippen molar-refractivity contribution in [2.75, 3.05) is 88.8 Å². The SMILES string of the molecule is CC(C)N(C)[C@@H]1CC[C@H](N2CC[C@H](Nc3ncnc4ccc(C(F)(F)F)cc34)C2=O)[C@H](NC(=O)C2CCN(c3cnc(NCCOCCOCCNC(=O)[C@H]4CC(=O)N(C)[C@@H]4c4cccnc4)cn3)CC2)C1. The molecule has 22 heteroatoms. The van der Waals surface area contributed by atoms with Crippen LogP contribution in [0, 0.1) is 11.8 Å². The van der Waals surface area contributed by atoms with Crippen LogP contribution >= 0.6 is 0 Å². The van der Waals surface area contributed by atoms with Crippen LogP contribution in [0.15, 0.2) is 61.4 Å². The third kappa shape index (κ3) is 12.5. The summed E-state index contributed by atoms with van der Waals surface area (Å²) < 4.78 is 52.2. The number of ether oxygens (including phenoxy) is 2. The van der Waals surface area contributed by atoms with Crippen molar-refractivity contribution < 1.29 is 41.8 Å². The molecule has 3 aliphatic heterocycles. The maximum atomic E-state index is 14.1. The molecular formula is C50H66F3N13O6. The summed E-state index contributed by atoms with van der Waals surface area (Å²) in [6.07, 6.45) is 7.55. The van der Waals surface area contributed by atoms with E-state index in [1.54, 1.807) is 42.8 Å². The molecule has 0 radical (unpaired) electrons. The van der Waals surface area contributed by atoms with Gasteiger partial charge in [0.1, 0.15) is 29.8 Å². The Morgan fingerprint density at radius 2 is 1.67 bits per heavy atom. The highest BCUT2D eigenvalue weighted by Gasteiger charge is 2.45. The fraction of sp³-hybridized carbons (Fsp3) is 0.580. The number of alkyl halides is 3. The molecule has 1 aliphatic carbocycles. The van der Waals surface area contributed by atoms with Crippen molar-refractivity contribution in [3.63, 3.8) is 0 Å². The van der Waals surface area contributed by atoms with Gasteiger partial charge in [-0.15, -0.1) is 0 Å². The number of anilines is 3. The van der Waals surface area contributed by atoms with E-state index in [-0.39, 0.29) is 71.3 Å². The van der Waals surface area contributed by atoms with Crippen LogP contribution in [0.1, 0.15) is 76.0 Å². The molecule has 0 unspecified atom stereocenters. The van der Waals surface area contributed by atoms with Crippen molar-refractivity contribution >= 4 is 52.0 Å². The summed E-state index contributed by atoms with van der Waals surface area (Å²) in [7, 11) is 3.80. The standard InChI is InChI=1S/C50H66F3N13O6/c1-31(2)63(3)35-8-10-41(66-19-13-39(49(66)70)61-46-36-24-34(50(51,52)53)7-9-38(36)59-30-60-46)40(25-35)62-47(68)32-11-17-65(18-12-32)43-29-57-42(28-58-43)55-15-20-71-22-23-72-21-16-56-48(69)37-26-44(67)64(4)45(37)33-6-5-14-54-27-33/h5-7,9,14,24,27-32,35,37,39-41,45H,8,10-13,15-23,25-26H2,1-4H3,(H,55,57)(H,56,69)(H,62,68)(H,59,60,61)/t35-,37+,39+,40-,41+,45-/m1/s1. The van der Waals surface area contributed by atoms with Crippen molar-refractivity contribution in [2.24, 2.45) is 11.8 Å². The highest BCUT2D eigenvalue weighted by atomic mass is 19.4. The molecule has 1 saturated carbocycles. The van der Waals surface area contributed by atoms with Crippen molar-refractivity contribution in [3.8, 4) is 0 Å². The fourth-order valence-electron chi connectivity index (χ4n) is 10.4. The van der Waals surface area contributed by atoms with E-state index in [0.29, 0.717) is 109 Å². The number of piperidine rings is 1. The molecule has 3 saturated heterocycles. The third-order valence-corrected chi connectivity index (χ3v) is 14.7. The van der Waals surface area contributed by atoms with Crippen molar-refractivity contribution in [3.05, 3.63) is 72.6 Å². The Morgan fingerprint density at radius 3 is 2.38 bits per heavy atom. The molecule has 388 valence electrons. The minimum atomic E-state index is -4.54. The maximum Gasteiger partial charge on any atom is 0.416 e. The molecule has 4 fully saturated rings. The van der Waals surface area contributed by atoms with Crippen LogP contribution in [-0.2, 0) is 34.8 Å². The number of nitrogens with one attached hydrogen (secondary N) is 4. The van der Waals surface area contributed by atoms with Gasteiger partial charge in [0.25, 0.3) is 0 Å². The van der Waals surface area contributed by atoms with Crippen LogP contribution in [0.4, 0.5) is 30.6 Å². The maximum absolute atomic E-state index is 14.1. The van der Waals surface area contributed by atoms with Crippen molar-refractivity contribution in [1.82, 2.24) is 50.3 Å². The summed E-state index contributed by atoms with van der Waals surface area (Å²) >= 11 is 0. The second kappa shape index (κ2) is 23.5. The highest BCUT2D eigenvalue weighted by molar-refractivity contribution is 5.93. The van der Waals surface area contributed by atoms with E-state index < -0.39 is 23.7 Å². The van der Waals surface area contributed by atoms with Gasteiger partial charge >= 0.3 is 6.18 Å². The topological polar surface area (TPSA) is 212 Å². The van der Waals surface area contributed by atoms with Gasteiger partial charge in [-0.05, 0) is 89.2 Å². The van der Waals surface area contributed by atoms with E-state index in [9.17, 15) is 32.3 Å². The predicted octanol–water partition coefficient (Wildman–Crippen LogP) is 4.29. The second-order valence-electron chi connectivity index (χ2n) is 19.4. The average molecular weight is 1000 g/mol. The largest absolute Gasteiger partial charge is 0.416 e. The molecule has 0 bridgehead atoms. The number of fused-ring (bicyclic) bond motifs is 1. The van der Waals surface area contributed by atoms with Crippen LogP contribution in [0.25, 0.3) is 10.9 Å². The van der Waals surface area contributed by atoms with Crippen molar-refractivity contribution in [2.45, 2.75) is 101 Å². The van der Waals surface area contributed by atoms with Gasteiger partial charge in [0.15, 0.2) is 0 Å². The normalized spacial score (nSPS) is 23.1. The van der Waals surface area contributed by atoms with E-state index in [2.05, 4.69) is 76.9 Å². The van der Waals surface area contributed by atoms with Crippen LogP contribution in [-0.4, -0.2) is 167 Å². The highest BCUT2D eigenvalue weighted by Crippen LogP contribution is 2.38. The quantitative estimate of drug-likeness (QED) is 0.0911. The van der Waals surface area contributed by atoms with Gasteiger partial charge in [-0.3, -0.25) is 24.2 Å². The summed E-state index contributed by atoms with van der Waals surface area (Å²) in [6.45, 7) is 8.26. The van der Waals surface area contributed by atoms with E-state index in [1.165, 1.54) is 12.4 Å². The summed E-state index contributed by atoms with van der Waals surface area (Å²) in [6, 6.07) is 5.91. The molecule has 6 atom stereocenters. The molecular weight excluding hydrogens is 936 g/mol. The molecule has 6 heterocycles. The van der Waals surface area contributed by atoms with Gasteiger partial charge in [-0.25, -0.2) is 19.9 Å². The number of carbonyl (C=O) groups is 4. The van der Waals surface area contributed by atoms with Gasteiger partial charge in [-0.2, -0.15) is 13.2 Å². The molecule has 4 N–H and O–H groups in total. The number of aromatic nitrogens is 5. The minimum absolute atomic E-state index is 0.0297. The van der Waals surface area contributed by atoms with Gasteiger partial charge < -0.3 is 50.3 Å². The molecule has 8 rings (SSSR count). The number of hydrogen-bond donors (Lipinski definition) is 4. The number of carbonyl (C=O) groups excluding carboxylic acids is 4. The van der Waals surface area contributed by atoms with E-state index in [4.69, 9.17) is 9.47 Å². The number of amides is 4. The zero-order chi connectivity index (χ0) is 50.9. The van der Waals surface area contributed by atoms with Gasteiger partial charge in [0.2, 0.25) is 23.6 Å². The third-order valence-electron chi connectivity index (χ3n) is 14.7. The number of benzene rings is 1. The monoisotopic (exact) mass is 1000 g/mol. The van der Waals surface area contributed by atoms with E-state index in [1.807, 2.05) is 11.0 Å². The zero-order valence-corrected chi connectivity index (χ0v) is 41.3. The molecule has 4 aliphatic rings. The summed E-state index contributed by atoms with van der Waals surface area (Å²) in [5.41, 5.74) is 0.346. The van der Waals surface area contributed by atoms with Crippen LogP contribution in [0.2, 0.25) is 0 Å². The number of likely N-dealkylation sites (tertiary alicyclic amines) is 2. The lowest BCUT2D eigenvalue weighted by atomic mass is 9.84. The summed E-state index contributed by atoms with van der Waals surface area (Å²) in [5.74, 6) is 0.324. The zero-order valence-electron chi connectivity index (χ0n) is 41.3. The second-order valence-corrected chi connectivity index (χ2v) is 19.4. The first-order valence-electron chi connectivity index (χ1n) is 25.0. The molecule has 4 aromatic rings. The smallest absolute Gasteiger partial charge is 0.377 e. The Bertz CT molecular complexity index is 2480. The Morgan fingerprint density at radius 1 is 0.889 bits per heavy atom. The molecule has 72 heavy (non-hydrogen) atoms. The Balaban J connectivity index is 0.747. The van der Waals surface area contributed by atoms with Gasteiger partial charge in [-0.1, -0.05) is 6.07 Å². The fourth-order valence-corrected chi connectivity index (χ4v) is 10.4. The number of pyridine rings is 1. The Kier molecular flexibility index (Phi) is 17.0. The van der Waals surface area contributed by atoms with Crippen LogP contribution < -0.4 is 26.2 Å². The Hall–Kier alpha value is -6.26. The molecule has 4 amide bonds. The lowest BCUT2D eigenvalue weighted by Gasteiger charge is -2.45. The van der Waals surface area contributed by atoms with Gasteiger partial charge in [0, 0.05) is 82.0 Å². The van der Waals surface area contributed by atoms with Crippen LogP contribution in [0.3, 0.4) is 0 Å². The number of hydrogen-bond acceptors (Lipinski definition) is 15. The first kappa shape index (κ1) is 52.1. The number of rotatable bonds is 20. The molecule has 19 nitrogen and oxygen atoms in total. The molecule has 3 aromatic heterocycles. The lowest BCUT2D eigenvalue weighted by molar-refractivity contribution is -0.137. The predicted molar refractivity (Wildman–Crippen MR) is 262 cm³/mol. The first-order chi connectivity index (χ1) is 34.7. The minimum Gasteiger partial charge on any atom is -0.377 e. The van der Waals surface area contributed by atoms with Gasteiger partial charge in [0.05, 0.1) is 73.9 Å². The number of nitrogens with zero attached hydrogens (tertiary/aromatic N) is 9. The Labute approximate surface area is 417 Å². The summed E-state index contributed by atoms with van der Waals surface area (Å²) in [4.78, 5) is 83.1. The van der Waals surface area contributed by atoms with E-state index in [0.717, 1.165) is 29.9 Å². The summed E-state index contributed by atoms with van der Waals surface area (Å²) in [5, 5.41) is 12.8. The van der Waals surface area contributed by atoms with Crippen molar-refractivity contribution in [1.29, 1.82) is 0 Å². The van der Waals surface area contributed by atoms with Crippen LogP contribution in [0.5, 0.6) is 0 Å². The molecule has 0 spiro atoms. The molecule has 1 aromatic carbocycles. The first-order valence-corrected chi connectivity index (χ1v) is 25.0.